The lowest BCUT2D eigenvalue weighted by Gasteiger charge is -2.06. The van der Waals surface area contributed by atoms with Crippen LogP contribution in [0.25, 0.3) is 0 Å². The highest BCUT2D eigenvalue weighted by molar-refractivity contribution is 5.94. The Balaban J connectivity index is -0.000000320. The van der Waals surface area contributed by atoms with E-state index in [-0.39, 0.29) is 30.9 Å². The largest absolute Gasteiger partial charge is 0.397 e. The summed E-state index contributed by atoms with van der Waals surface area (Å²) >= 11 is 0. The average Bonchev–Trinajstić information content (AvgIpc) is 2.04. The van der Waals surface area contributed by atoms with Crippen LogP contribution in [-0.4, -0.2) is 30.2 Å². The second-order valence-corrected chi connectivity index (χ2v) is 2.51. The first-order valence-corrected chi connectivity index (χ1v) is 4.62. The molecule has 0 bridgehead atoms. The van der Waals surface area contributed by atoms with E-state index in [4.69, 9.17) is 21.7 Å². The predicted molar refractivity (Wildman–Crippen MR) is 65.7 cm³/mol. The molecule has 0 radical (unpaired) electrons. The van der Waals surface area contributed by atoms with Gasteiger partial charge in [0, 0.05) is 13.2 Å². The number of nitrogens with two attached hydrogens (primary N) is 1. The van der Waals surface area contributed by atoms with Crippen LogP contribution in [0.4, 0.5) is 0 Å². The molecule has 0 aromatic heterocycles. The smallest absolute Gasteiger partial charge is 0.195 e. The first-order chi connectivity index (χ1) is 6.58. The highest BCUT2D eigenvalue weighted by atomic mass is 35.5. The molecule has 7 heteroatoms. The van der Waals surface area contributed by atoms with E-state index in [9.17, 15) is 0 Å². The number of rotatable bonds is 3. The Kier molecular flexibility index (Phi) is 20.1. The van der Waals surface area contributed by atoms with Crippen molar-refractivity contribution in [2.24, 2.45) is 5.73 Å². The summed E-state index contributed by atoms with van der Waals surface area (Å²) in [7, 11) is 0. The molecule has 0 aromatic carbocycles. The molecule has 0 rings (SSSR count). The second kappa shape index (κ2) is 15.5. The van der Waals surface area contributed by atoms with Gasteiger partial charge in [-0.1, -0.05) is 13.3 Å². The standard InChI is InChI=1S/C6H15N5.C2H6O.ClH/c1-2-3-4-10-6(9)11-5(7)8;1-2-3;/h2-4H2,1H3,(H6,7,8,9,10,11);3H,2H2,1H3;1H. The molecule has 6 nitrogen and oxygen atoms in total. The van der Waals surface area contributed by atoms with Crippen LogP contribution in [0.3, 0.4) is 0 Å². The topological polar surface area (TPSA) is 118 Å². The summed E-state index contributed by atoms with van der Waals surface area (Å²) in [6.07, 6.45) is 2.10. The van der Waals surface area contributed by atoms with Gasteiger partial charge in [0.2, 0.25) is 0 Å². The second-order valence-electron chi connectivity index (χ2n) is 2.51. The molecule has 0 amide bonds. The van der Waals surface area contributed by atoms with E-state index in [2.05, 4.69) is 17.6 Å². The highest BCUT2D eigenvalue weighted by Crippen LogP contribution is 1.80. The van der Waals surface area contributed by atoms with Gasteiger partial charge in [-0.25, -0.2) is 0 Å². The molecule has 0 unspecified atom stereocenters. The number of hydrogen-bond donors (Lipinski definition) is 6. The number of halogens is 1. The molecule has 0 heterocycles. The molecule has 0 spiro atoms. The molecular formula is C8H22ClN5O. The maximum absolute atomic E-state index is 7.57. The van der Waals surface area contributed by atoms with Crippen LogP contribution in [0.1, 0.15) is 26.7 Å². The Morgan fingerprint density at radius 3 is 2.13 bits per heavy atom. The Labute approximate surface area is 97.1 Å². The third-order valence-electron chi connectivity index (χ3n) is 1.09. The summed E-state index contributed by atoms with van der Waals surface area (Å²) < 4.78 is 0. The molecule has 15 heavy (non-hydrogen) atoms. The first-order valence-electron chi connectivity index (χ1n) is 4.62. The minimum absolute atomic E-state index is 0. The van der Waals surface area contributed by atoms with E-state index in [1.807, 2.05) is 0 Å². The summed E-state index contributed by atoms with van der Waals surface area (Å²) in [4.78, 5) is 0. The minimum Gasteiger partial charge on any atom is -0.397 e. The monoisotopic (exact) mass is 239 g/mol. The van der Waals surface area contributed by atoms with E-state index in [0.717, 1.165) is 19.4 Å². The third kappa shape index (κ3) is 24.6. The van der Waals surface area contributed by atoms with Crippen LogP contribution in [0, 0.1) is 10.8 Å². The predicted octanol–water partition coefficient (Wildman–Crippen LogP) is 0.214. The molecule has 0 aliphatic heterocycles. The minimum atomic E-state index is -0.209. The molecule has 92 valence electrons. The van der Waals surface area contributed by atoms with Gasteiger partial charge in [0.05, 0.1) is 0 Å². The molecular weight excluding hydrogens is 218 g/mol. The average molecular weight is 240 g/mol. The Morgan fingerprint density at radius 1 is 1.33 bits per heavy atom. The summed E-state index contributed by atoms with van der Waals surface area (Å²) in [6.45, 7) is 4.75. The zero-order valence-electron chi connectivity index (χ0n) is 9.26. The summed E-state index contributed by atoms with van der Waals surface area (Å²) in [5, 5.41) is 26.6. The molecule has 0 atom stereocenters. The number of aliphatic hydroxyl groups is 1. The van der Waals surface area contributed by atoms with E-state index >= 15 is 0 Å². The zero-order valence-corrected chi connectivity index (χ0v) is 10.1. The van der Waals surface area contributed by atoms with Crippen molar-refractivity contribution in [2.45, 2.75) is 26.7 Å². The van der Waals surface area contributed by atoms with Gasteiger partial charge in [0.15, 0.2) is 11.9 Å². The Morgan fingerprint density at radius 2 is 1.80 bits per heavy atom. The van der Waals surface area contributed by atoms with Crippen molar-refractivity contribution in [3.05, 3.63) is 0 Å². The van der Waals surface area contributed by atoms with Crippen LogP contribution in [0.15, 0.2) is 0 Å². The van der Waals surface area contributed by atoms with Crippen LogP contribution < -0.4 is 16.4 Å². The first kappa shape index (κ1) is 19.5. The molecule has 0 aliphatic carbocycles. The quantitative estimate of drug-likeness (QED) is 0.240. The lowest BCUT2D eigenvalue weighted by molar-refractivity contribution is 0.318. The van der Waals surface area contributed by atoms with Gasteiger partial charge in [0.1, 0.15) is 0 Å². The Hall–Kier alpha value is -1.01. The van der Waals surface area contributed by atoms with Crippen molar-refractivity contribution in [2.75, 3.05) is 13.2 Å². The van der Waals surface area contributed by atoms with E-state index in [1.54, 1.807) is 6.92 Å². The van der Waals surface area contributed by atoms with Gasteiger partial charge < -0.3 is 16.2 Å². The van der Waals surface area contributed by atoms with Crippen LogP contribution in [-0.2, 0) is 0 Å². The SMILES string of the molecule is CCCCNC(=N)NC(=N)N.CCO.Cl. The van der Waals surface area contributed by atoms with Crippen LogP contribution in [0.5, 0.6) is 0 Å². The maximum Gasteiger partial charge on any atom is 0.195 e. The van der Waals surface area contributed by atoms with Gasteiger partial charge in [-0.05, 0) is 13.3 Å². The van der Waals surface area contributed by atoms with E-state index < -0.39 is 0 Å². The summed E-state index contributed by atoms with van der Waals surface area (Å²) in [5.74, 6) is -0.120. The van der Waals surface area contributed by atoms with Gasteiger partial charge in [-0.3, -0.25) is 16.1 Å². The number of hydrogen-bond acceptors (Lipinski definition) is 3. The van der Waals surface area contributed by atoms with Crippen molar-refractivity contribution in [1.29, 1.82) is 10.8 Å². The van der Waals surface area contributed by atoms with Crippen molar-refractivity contribution in [1.82, 2.24) is 10.6 Å². The zero-order chi connectivity index (χ0) is 11.4. The van der Waals surface area contributed by atoms with Gasteiger partial charge in [-0.15, -0.1) is 12.4 Å². The molecule has 0 saturated carbocycles. The molecule has 0 aromatic rings. The van der Waals surface area contributed by atoms with E-state index in [0.29, 0.717) is 0 Å². The molecule has 0 fully saturated rings. The van der Waals surface area contributed by atoms with Crippen LogP contribution >= 0.6 is 12.4 Å². The van der Waals surface area contributed by atoms with E-state index in [1.165, 1.54) is 0 Å². The lowest BCUT2D eigenvalue weighted by atomic mass is 10.3. The molecule has 7 N–H and O–H groups in total. The fraction of sp³-hybridized carbons (Fsp3) is 0.750. The van der Waals surface area contributed by atoms with Crippen molar-refractivity contribution in [3.63, 3.8) is 0 Å². The number of unbranched alkanes of at least 4 members (excludes halogenated alkanes) is 1. The highest BCUT2D eigenvalue weighted by Gasteiger charge is 1.93. The number of nitrogens with one attached hydrogen (secondary N) is 4. The molecule has 0 aliphatic rings. The Bertz CT molecular complexity index is 165. The molecule has 0 saturated heterocycles. The normalized spacial score (nSPS) is 7.67. The third-order valence-corrected chi connectivity index (χ3v) is 1.09. The van der Waals surface area contributed by atoms with Crippen LogP contribution in [0.2, 0.25) is 0 Å². The van der Waals surface area contributed by atoms with Crippen molar-refractivity contribution < 1.29 is 5.11 Å². The summed E-state index contributed by atoms with van der Waals surface area (Å²) in [6, 6.07) is 0. The lowest BCUT2D eigenvalue weighted by Crippen LogP contribution is -2.43. The van der Waals surface area contributed by atoms with Gasteiger partial charge >= 0.3 is 0 Å². The fourth-order valence-electron chi connectivity index (χ4n) is 0.569. The maximum atomic E-state index is 7.57. The van der Waals surface area contributed by atoms with Crippen molar-refractivity contribution in [3.8, 4) is 0 Å². The number of aliphatic hydroxyl groups excluding tert-OH is 1. The van der Waals surface area contributed by atoms with Gasteiger partial charge in [-0.2, -0.15) is 0 Å². The van der Waals surface area contributed by atoms with Gasteiger partial charge in [0.25, 0.3) is 0 Å². The fourth-order valence-corrected chi connectivity index (χ4v) is 0.569. The van der Waals surface area contributed by atoms with Crippen molar-refractivity contribution >= 4 is 24.3 Å². The summed E-state index contributed by atoms with van der Waals surface area (Å²) in [5.41, 5.74) is 4.99. The number of guanidine groups is 2.